The average Bonchev–Trinajstić information content (AvgIpc) is 2.89. The van der Waals surface area contributed by atoms with Gasteiger partial charge in [0.05, 0.1) is 5.92 Å². The number of hydrogen-bond acceptors (Lipinski definition) is 2. The molecule has 2 heterocycles. The van der Waals surface area contributed by atoms with E-state index in [9.17, 15) is 4.79 Å². The van der Waals surface area contributed by atoms with Gasteiger partial charge in [0.1, 0.15) is 0 Å². The molecule has 0 saturated carbocycles. The van der Waals surface area contributed by atoms with Gasteiger partial charge in [0.15, 0.2) is 0 Å². The number of carbonyl (C=O) groups is 1. The maximum atomic E-state index is 12.2. The van der Waals surface area contributed by atoms with Gasteiger partial charge in [-0.25, -0.2) is 0 Å². The van der Waals surface area contributed by atoms with Crippen LogP contribution in [0.25, 0.3) is 0 Å². The lowest BCUT2D eigenvalue weighted by Gasteiger charge is -2.27. The summed E-state index contributed by atoms with van der Waals surface area (Å²) in [6, 6.07) is 1.06. The van der Waals surface area contributed by atoms with Gasteiger partial charge in [0, 0.05) is 18.6 Å². The van der Waals surface area contributed by atoms with Crippen molar-refractivity contribution in [2.75, 3.05) is 6.54 Å². The molecule has 0 aromatic rings. The van der Waals surface area contributed by atoms with Crippen LogP contribution in [0.3, 0.4) is 0 Å². The second-order valence-electron chi connectivity index (χ2n) is 6.79. The van der Waals surface area contributed by atoms with Crippen molar-refractivity contribution >= 4 is 5.91 Å². The molecule has 0 aromatic heterocycles. The molecule has 2 aliphatic heterocycles. The quantitative estimate of drug-likeness (QED) is 0.787. The molecule has 0 spiro atoms. The van der Waals surface area contributed by atoms with Crippen LogP contribution in [0.15, 0.2) is 0 Å². The van der Waals surface area contributed by atoms with Crippen molar-refractivity contribution in [2.24, 2.45) is 23.7 Å². The standard InChI is InChI=1S/C15H28N2O/c1-9(2)13(10(3)4)8-16-15(18)12-7-11-5-6-14(12)17-11/h9-14,17H,5-8H2,1-4H3,(H,16,18). The molecule has 2 saturated heterocycles. The second kappa shape index (κ2) is 5.60. The minimum absolute atomic E-state index is 0.226. The predicted octanol–water partition coefficient (Wildman–Crippen LogP) is 2.17. The number of amides is 1. The third kappa shape index (κ3) is 2.87. The molecule has 3 nitrogen and oxygen atoms in total. The highest BCUT2D eigenvalue weighted by atomic mass is 16.1. The highest BCUT2D eigenvalue weighted by Crippen LogP contribution is 2.33. The molecule has 0 radical (unpaired) electrons. The Kier molecular flexibility index (Phi) is 4.31. The molecule has 2 aliphatic rings. The van der Waals surface area contributed by atoms with E-state index in [-0.39, 0.29) is 11.8 Å². The lowest BCUT2D eigenvalue weighted by Crippen LogP contribution is -2.41. The minimum atomic E-state index is 0.226. The van der Waals surface area contributed by atoms with E-state index >= 15 is 0 Å². The highest BCUT2D eigenvalue weighted by molar-refractivity contribution is 5.80. The zero-order valence-electron chi connectivity index (χ0n) is 12.2. The zero-order valence-corrected chi connectivity index (χ0v) is 12.2. The molecule has 3 unspecified atom stereocenters. The van der Waals surface area contributed by atoms with Crippen LogP contribution >= 0.6 is 0 Å². The van der Waals surface area contributed by atoms with E-state index in [4.69, 9.17) is 0 Å². The fourth-order valence-corrected chi connectivity index (χ4v) is 3.70. The molecular weight excluding hydrogens is 224 g/mol. The summed E-state index contributed by atoms with van der Waals surface area (Å²) in [5.74, 6) is 2.34. The summed E-state index contributed by atoms with van der Waals surface area (Å²) in [7, 11) is 0. The van der Waals surface area contributed by atoms with Gasteiger partial charge in [-0.3, -0.25) is 4.79 Å². The SMILES string of the molecule is CC(C)C(CNC(=O)C1CC2CCC1N2)C(C)C. The zero-order chi connectivity index (χ0) is 13.3. The predicted molar refractivity (Wildman–Crippen MR) is 74.2 cm³/mol. The molecule has 3 heteroatoms. The van der Waals surface area contributed by atoms with E-state index in [0.717, 1.165) is 13.0 Å². The Morgan fingerprint density at radius 2 is 1.89 bits per heavy atom. The molecule has 2 bridgehead atoms. The molecule has 2 fully saturated rings. The van der Waals surface area contributed by atoms with Gasteiger partial charge in [-0.05, 0) is 37.0 Å². The van der Waals surface area contributed by atoms with Crippen molar-refractivity contribution in [3.8, 4) is 0 Å². The topological polar surface area (TPSA) is 41.1 Å². The van der Waals surface area contributed by atoms with Gasteiger partial charge < -0.3 is 10.6 Å². The summed E-state index contributed by atoms with van der Waals surface area (Å²) >= 11 is 0. The smallest absolute Gasteiger partial charge is 0.224 e. The van der Waals surface area contributed by atoms with Crippen LogP contribution < -0.4 is 10.6 Å². The Hall–Kier alpha value is -0.570. The molecular formula is C15H28N2O. The van der Waals surface area contributed by atoms with Crippen LogP contribution in [0.2, 0.25) is 0 Å². The minimum Gasteiger partial charge on any atom is -0.356 e. The van der Waals surface area contributed by atoms with E-state index in [0.29, 0.717) is 29.8 Å². The summed E-state index contributed by atoms with van der Waals surface area (Å²) in [6.07, 6.45) is 3.49. The van der Waals surface area contributed by atoms with Crippen LogP contribution in [0.4, 0.5) is 0 Å². The third-order valence-corrected chi connectivity index (χ3v) is 4.86. The van der Waals surface area contributed by atoms with E-state index in [1.807, 2.05) is 0 Å². The molecule has 104 valence electrons. The largest absolute Gasteiger partial charge is 0.356 e. The lowest BCUT2D eigenvalue weighted by molar-refractivity contribution is -0.125. The number of hydrogen-bond donors (Lipinski definition) is 2. The first-order valence-electron chi connectivity index (χ1n) is 7.52. The van der Waals surface area contributed by atoms with Gasteiger partial charge in [-0.1, -0.05) is 27.7 Å². The van der Waals surface area contributed by atoms with Crippen LogP contribution in [0.1, 0.15) is 47.0 Å². The van der Waals surface area contributed by atoms with Gasteiger partial charge in [0.2, 0.25) is 5.91 Å². The summed E-state index contributed by atoms with van der Waals surface area (Å²) < 4.78 is 0. The molecule has 2 N–H and O–H groups in total. The van der Waals surface area contributed by atoms with Crippen molar-refractivity contribution in [1.82, 2.24) is 10.6 Å². The Balaban J connectivity index is 1.81. The second-order valence-corrected chi connectivity index (χ2v) is 6.79. The lowest BCUT2D eigenvalue weighted by atomic mass is 9.84. The Morgan fingerprint density at radius 3 is 2.33 bits per heavy atom. The van der Waals surface area contributed by atoms with E-state index in [1.54, 1.807) is 0 Å². The molecule has 0 aliphatic carbocycles. The fourth-order valence-electron chi connectivity index (χ4n) is 3.70. The van der Waals surface area contributed by atoms with Gasteiger partial charge in [0.25, 0.3) is 0 Å². The highest BCUT2D eigenvalue weighted by Gasteiger charge is 2.42. The Bertz CT molecular complexity index is 293. The Morgan fingerprint density at radius 1 is 1.22 bits per heavy atom. The van der Waals surface area contributed by atoms with Crippen molar-refractivity contribution in [3.05, 3.63) is 0 Å². The third-order valence-electron chi connectivity index (χ3n) is 4.86. The number of nitrogens with one attached hydrogen (secondary N) is 2. The maximum absolute atomic E-state index is 12.2. The molecule has 2 rings (SSSR count). The van der Waals surface area contributed by atoms with Crippen molar-refractivity contribution in [1.29, 1.82) is 0 Å². The van der Waals surface area contributed by atoms with Crippen LogP contribution in [0.5, 0.6) is 0 Å². The van der Waals surface area contributed by atoms with Crippen LogP contribution in [-0.2, 0) is 4.79 Å². The average molecular weight is 252 g/mol. The van der Waals surface area contributed by atoms with Gasteiger partial charge >= 0.3 is 0 Å². The van der Waals surface area contributed by atoms with Crippen molar-refractivity contribution in [3.63, 3.8) is 0 Å². The number of rotatable bonds is 5. The number of carbonyl (C=O) groups excluding carboxylic acids is 1. The van der Waals surface area contributed by atoms with E-state index in [1.165, 1.54) is 12.8 Å². The summed E-state index contributed by atoms with van der Waals surface area (Å²) in [6.45, 7) is 9.82. The first-order chi connectivity index (χ1) is 8.49. The van der Waals surface area contributed by atoms with Crippen LogP contribution in [0, 0.1) is 23.7 Å². The summed E-state index contributed by atoms with van der Waals surface area (Å²) in [5, 5.41) is 6.72. The first-order valence-corrected chi connectivity index (χ1v) is 7.52. The van der Waals surface area contributed by atoms with Gasteiger partial charge in [-0.2, -0.15) is 0 Å². The number of fused-ring (bicyclic) bond motifs is 2. The van der Waals surface area contributed by atoms with Gasteiger partial charge in [-0.15, -0.1) is 0 Å². The van der Waals surface area contributed by atoms with Crippen LogP contribution in [-0.4, -0.2) is 24.5 Å². The summed E-state index contributed by atoms with van der Waals surface area (Å²) in [5.41, 5.74) is 0. The molecule has 18 heavy (non-hydrogen) atoms. The van der Waals surface area contributed by atoms with Crippen molar-refractivity contribution < 1.29 is 4.79 Å². The van der Waals surface area contributed by atoms with E-state index < -0.39 is 0 Å². The normalized spacial score (nSPS) is 30.7. The monoisotopic (exact) mass is 252 g/mol. The molecule has 3 atom stereocenters. The Labute approximate surface area is 111 Å². The maximum Gasteiger partial charge on any atom is 0.224 e. The summed E-state index contributed by atoms with van der Waals surface area (Å²) in [4.78, 5) is 12.2. The first kappa shape index (κ1) is 13.9. The van der Waals surface area contributed by atoms with E-state index in [2.05, 4.69) is 38.3 Å². The fraction of sp³-hybridized carbons (Fsp3) is 0.933. The van der Waals surface area contributed by atoms with Crippen molar-refractivity contribution in [2.45, 2.75) is 59.0 Å². The molecule has 1 amide bonds. The molecule has 0 aromatic carbocycles.